The number of hydrogen-bond acceptors (Lipinski definition) is 8. The number of aromatic nitrogens is 2. The SMILES string of the molecule is COc1ccc(OC)c(Nc2ncnc(NC(C)c3ccccc3)c2[N+](=O)[O-])c1. The molecule has 1 unspecified atom stereocenters. The van der Waals surface area contributed by atoms with Gasteiger partial charge in [-0.25, -0.2) is 9.97 Å². The Morgan fingerprint density at radius 1 is 1.03 bits per heavy atom. The highest BCUT2D eigenvalue weighted by Crippen LogP contribution is 2.37. The molecular weight excluding hydrogens is 374 g/mol. The van der Waals surface area contributed by atoms with Gasteiger partial charge < -0.3 is 20.1 Å². The molecule has 0 radical (unpaired) electrons. The molecule has 0 saturated carbocycles. The molecule has 0 spiro atoms. The van der Waals surface area contributed by atoms with Gasteiger partial charge in [0, 0.05) is 6.07 Å². The zero-order valence-electron chi connectivity index (χ0n) is 16.2. The summed E-state index contributed by atoms with van der Waals surface area (Å²) in [5.74, 6) is 1.22. The zero-order chi connectivity index (χ0) is 20.8. The van der Waals surface area contributed by atoms with Crippen molar-refractivity contribution in [3.63, 3.8) is 0 Å². The van der Waals surface area contributed by atoms with E-state index >= 15 is 0 Å². The van der Waals surface area contributed by atoms with E-state index in [-0.39, 0.29) is 23.4 Å². The van der Waals surface area contributed by atoms with Crippen LogP contribution in [0.15, 0.2) is 54.9 Å². The molecule has 0 aliphatic carbocycles. The monoisotopic (exact) mass is 395 g/mol. The van der Waals surface area contributed by atoms with E-state index in [1.807, 2.05) is 37.3 Å². The zero-order valence-corrected chi connectivity index (χ0v) is 16.2. The molecule has 0 bridgehead atoms. The smallest absolute Gasteiger partial charge is 0.353 e. The van der Waals surface area contributed by atoms with E-state index in [4.69, 9.17) is 9.47 Å². The number of ether oxygens (including phenoxy) is 2. The second kappa shape index (κ2) is 8.87. The van der Waals surface area contributed by atoms with E-state index in [1.165, 1.54) is 20.5 Å². The van der Waals surface area contributed by atoms with Crippen molar-refractivity contribution in [2.75, 3.05) is 24.9 Å². The number of benzene rings is 2. The molecule has 150 valence electrons. The molecule has 9 nitrogen and oxygen atoms in total. The third kappa shape index (κ3) is 4.52. The second-order valence-electron chi connectivity index (χ2n) is 6.14. The van der Waals surface area contributed by atoms with Crippen molar-refractivity contribution < 1.29 is 14.4 Å². The van der Waals surface area contributed by atoms with Crippen LogP contribution in [0.3, 0.4) is 0 Å². The van der Waals surface area contributed by atoms with E-state index in [1.54, 1.807) is 18.2 Å². The largest absolute Gasteiger partial charge is 0.497 e. The number of rotatable bonds is 8. The fourth-order valence-corrected chi connectivity index (χ4v) is 2.82. The van der Waals surface area contributed by atoms with Crippen LogP contribution in [0.5, 0.6) is 11.5 Å². The third-order valence-corrected chi connectivity index (χ3v) is 4.32. The van der Waals surface area contributed by atoms with Crippen molar-refractivity contribution in [2.24, 2.45) is 0 Å². The molecule has 1 atom stereocenters. The quantitative estimate of drug-likeness (QED) is 0.428. The Morgan fingerprint density at radius 3 is 2.41 bits per heavy atom. The number of hydrogen-bond donors (Lipinski definition) is 2. The number of nitrogens with zero attached hydrogens (tertiary/aromatic N) is 3. The van der Waals surface area contributed by atoms with Crippen LogP contribution in [0.1, 0.15) is 18.5 Å². The van der Waals surface area contributed by atoms with Crippen molar-refractivity contribution >= 4 is 23.0 Å². The van der Waals surface area contributed by atoms with Gasteiger partial charge in [0.15, 0.2) is 0 Å². The van der Waals surface area contributed by atoms with E-state index in [0.717, 1.165) is 5.56 Å². The van der Waals surface area contributed by atoms with E-state index in [2.05, 4.69) is 20.6 Å². The van der Waals surface area contributed by atoms with Crippen LogP contribution in [0, 0.1) is 10.1 Å². The van der Waals surface area contributed by atoms with Gasteiger partial charge in [-0.05, 0) is 24.6 Å². The van der Waals surface area contributed by atoms with E-state index in [9.17, 15) is 10.1 Å². The van der Waals surface area contributed by atoms with Crippen LogP contribution in [0.25, 0.3) is 0 Å². The van der Waals surface area contributed by atoms with Gasteiger partial charge in [-0.2, -0.15) is 0 Å². The Morgan fingerprint density at radius 2 is 1.76 bits per heavy atom. The standard InChI is InChI=1S/C20H21N5O4/c1-13(14-7-5-4-6-8-14)23-19-18(25(26)27)20(22-12-21-19)24-16-11-15(28-2)9-10-17(16)29-3/h4-13H,1-3H3,(H2,21,22,23,24). The molecule has 1 aromatic heterocycles. The van der Waals surface area contributed by atoms with Crippen molar-refractivity contribution in [3.8, 4) is 11.5 Å². The second-order valence-corrected chi connectivity index (χ2v) is 6.14. The molecule has 2 aromatic carbocycles. The highest BCUT2D eigenvalue weighted by atomic mass is 16.6. The van der Waals surface area contributed by atoms with Crippen LogP contribution in [0.4, 0.5) is 23.0 Å². The summed E-state index contributed by atoms with van der Waals surface area (Å²) in [5.41, 5.74) is 1.19. The summed E-state index contributed by atoms with van der Waals surface area (Å²) in [6.45, 7) is 1.90. The Balaban J connectivity index is 1.97. The van der Waals surface area contributed by atoms with Crippen LogP contribution < -0.4 is 20.1 Å². The molecular formula is C20H21N5O4. The molecule has 1 heterocycles. The van der Waals surface area contributed by atoms with Crippen LogP contribution in [-0.2, 0) is 0 Å². The maximum Gasteiger partial charge on any atom is 0.353 e. The highest BCUT2D eigenvalue weighted by Gasteiger charge is 2.25. The molecule has 3 rings (SSSR count). The molecule has 2 N–H and O–H groups in total. The Bertz CT molecular complexity index is 997. The Labute approximate surface area is 167 Å². The first-order valence-corrected chi connectivity index (χ1v) is 8.83. The summed E-state index contributed by atoms with van der Waals surface area (Å²) in [6.07, 6.45) is 1.27. The minimum atomic E-state index is -0.519. The van der Waals surface area contributed by atoms with Crippen molar-refractivity contribution in [3.05, 3.63) is 70.5 Å². The minimum Gasteiger partial charge on any atom is -0.497 e. The number of nitrogens with one attached hydrogen (secondary N) is 2. The summed E-state index contributed by atoms with van der Waals surface area (Å²) in [4.78, 5) is 19.4. The highest BCUT2D eigenvalue weighted by molar-refractivity contribution is 5.76. The fourth-order valence-electron chi connectivity index (χ4n) is 2.82. The maximum atomic E-state index is 11.8. The normalized spacial score (nSPS) is 11.4. The van der Waals surface area contributed by atoms with Gasteiger partial charge in [0.2, 0.25) is 11.6 Å². The van der Waals surface area contributed by atoms with Crippen LogP contribution in [0.2, 0.25) is 0 Å². The number of methoxy groups -OCH3 is 2. The number of anilines is 3. The third-order valence-electron chi connectivity index (χ3n) is 4.32. The first-order valence-electron chi connectivity index (χ1n) is 8.83. The lowest BCUT2D eigenvalue weighted by molar-refractivity contribution is -0.383. The molecule has 29 heavy (non-hydrogen) atoms. The lowest BCUT2D eigenvalue weighted by Gasteiger charge is -2.16. The Hall–Kier alpha value is -3.88. The van der Waals surface area contributed by atoms with Gasteiger partial charge >= 0.3 is 5.69 Å². The summed E-state index contributed by atoms with van der Waals surface area (Å²) in [6, 6.07) is 14.5. The lowest BCUT2D eigenvalue weighted by Crippen LogP contribution is -2.12. The predicted molar refractivity (Wildman–Crippen MR) is 110 cm³/mol. The molecule has 0 fully saturated rings. The van der Waals surface area contributed by atoms with Crippen molar-refractivity contribution in [1.29, 1.82) is 0 Å². The Kier molecular flexibility index (Phi) is 6.08. The average molecular weight is 395 g/mol. The predicted octanol–water partition coefficient (Wildman–Crippen LogP) is 4.32. The summed E-state index contributed by atoms with van der Waals surface area (Å²) in [5, 5.41) is 17.9. The molecule has 0 aliphatic heterocycles. The van der Waals surface area contributed by atoms with Gasteiger partial charge in [-0.15, -0.1) is 0 Å². The van der Waals surface area contributed by atoms with Crippen molar-refractivity contribution in [1.82, 2.24) is 9.97 Å². The van der Waals surface area contributed by atoms with Gasteiger partial charge in [-0.3, -0.25) is 10.1 Å². The molecule has 0 amide bonds. The van der Waals surface area contributed by atoms with Crippen LogP contribution in [-0.4, -0.2) is 29.1 Å². The lowest BCUT2D eigenvalue weighted by atomic mass is 10.1. The average Bonchev–Trinajstić information content (AvgIpc) is 2.74. The fraction of sp³-hybridized carbons (Fsp3) is 0.200. The van der Waals surface area contributed by atoms with Gasteiger partial charge in [0.25, 0.3) is 0 Å². The summed E-state index contributed by atoms with van der Waals surface area (Å²) < 4.78 is 10.5. The molecule has 0 saturated heterocycles. The first-order chi connectivity index (χ1) is 14.0. The molecule has 0 aliphatic rings. The van der Waals surface area contributed by atoms with Gasteiger partial charge in [-0.1, -0.05) is 30.3 Å². The number of nitro groups is 1. The minimum absolute atomic E-state index is 0.0410. The van der Waals surface area contributed by atoms with Gasteiger partial charge in [0.05, 0.1) is 30.9 Å². The van der Waals surface area contributed by atoms with E-state index < -0.39 is 4.92 Å². The van der Waals surface area contributed by atoms with Crippen LogP contribution >= 0.6 is 0 Å². The first kappa shape index (κ1) is 19.9. The topological polar surface area (TPSA) is 111 Å². The van der Waals surface area contributed by atoms with E-state index in [0.29, 0.717) is 17.2 Å². The van der Waals surface area contributed by atoms with Crippen molar-refractivity contribution in [2.45, 2.75) is 13.0 Å². The molecule has 3 aromatic rings. The maximum absolute atomic E-state index is 11.8. The summed E-state index contributed by atoms with van der Waals surface area (Å²) in [7, 11) is 3.04. The summed E-state index contributed by atoms with van der Waals surface area (Å²) >= 11 is 0. The molecule has 9 heteroatoms. The van der Waals surface area contributed by atoms with Gasteiger partial charge in [0.1, 0.15) is 17.8 Å².